The number of aryl methyl sites for hydroxylation is 2. The van der Waals surface area contributed by atoms with E-state index in [-0.39, 0.29) is 0 Å². The first kappa shape index (κ1) is 14.3. The molecule has 106 valence electrons. The summed E-state index contributed by atoms with van der Waals surface area (Å²) in [5, 5.41) is 6.52. The van der Waals surface area contributed by atoms with Crippen LogP contribution in [0.4, 0.5) is 11.8 Å². The second kappa shape index (κ2) is 6.89. The van der Waals surface area contributed by atoms with Crippen molar-refractivity contribution in [2.45, 2.75) is 27.2 Å². The van der Waals surface area contributed by atoms with Gasteiger partial charge in [0.1, 0.15) is 5.82 Å². The monoisotopic (exact) mass is 270 g/mol. The van der Waals surface area contributed by atoms with Gasteiger partial charge in [-0.1, -0.05) is 29.8 Å². The van der Waals surface area contributed by atoms with E-state index in [1.807, 2.05) is 20.0 Å². The molecule has 0 atom stereocenters. The second-order valence-electron chi connectivity index (χ2n) is 4.92. The standard InChI is InChI=1S/C16H22N4/c1-4-17-16-19-11-13(3)15(20-16)18-9-8-14-7-5-6-12(2)10-14/h5-7,10-11H,4,8-9H2,1-3H3,(H2,17,18,19,20). The summed E-state index contributed by atoms with van der Waals surface area (Å²) in [6, 6.07) is 8.60. The molecular weight excluding hydrogens is 248 g/mol. The minimum atomic E-state index is 0.677. The fourth-order valence-electron chi connectivity index (χ4n) is 2.06. The van der Waals surface area contributed by atoms with Crippen LogP contribution < -0.4 is 10.6 Å². The maximum atomic E-state index is 4.48. The average molecular weight is 270 g/mol. The normalized spacial score (nSPS) is 10.3. The van der Waals surface area contributed by atoms with Crippen LogP contribution in [0.1, 0.15) is 23.6 Å². The number of aromatic nitrogens is 2. The first-order valence-electron chi connectivity index (χ1n) is 7.06. The van der Waals surface area contributed by atoms with E-state index < -0.39 is 0 Å². The Hall–Kier alpha value is -2.10. The van der Waals surface area contributed by atoms with E-state index in [1.54, 1.807) is 0 Å². The number of nitrogens with one attached hydrogen (secondary N) is 2. The summed E-state index contributed by atoms with van der Waals surface area (Å²) in [5.74, 6) is 1.58. The molecule has 0 amide bonds. The molecular formula is C16H22N4. The fourth-order valence-corrected chi connectivity index (χ4v) is 2.06. The van der Waals surface area contributed by atoms with Gasteiger partial charge in [0.15, 0.2) is 0 Å². The number of nitrogens with zero attached hydrogens (tertiary/aromatic N) is 2. The Balaban J connectivity index is 1.95. The first-order valence-corrected chi connectivity index (χ1v) is 7.06. The zero-order valence-corrected chi connectivity index (χ0v) is 12.4. The zero-order chi connectivity index (χ0) is 14.4. The number of hydrogen-bond acceptors (Lipinski definition) is 4. The van der Waals surface area contributed by atoms with Crippen LogP contribution >= 0.6 is 0 Å². The Morgan fingerprint density at radius 2 is 2.00 bits per heavy atom. The van der Waals surface area contributed by atoms with E-state index in [1.165, 1.54) is 11.1 Å². The van der Waals surface area contributed by atoms with Crippen molar-refractivity contribution in [3.05, 3.63) is 47.2 Å². The van der Waals surface area contributed by atoms with Crippen molar-refractivity contribution in [1.29, 1.82) is 0 Å². The lowest BCUT2D eigenvalue weighted by Gasteiger charge is -2.10. The summed E-state index contributed by atoms with van der Waals surface area (Å²) < 4.78 is 0. The van der Waals surface area contributed by atoms with Crippen LogP contribution in [0.3, 0.4) is 0 Å². The van der Waals surface area contributed by atoms with Crippen molar-refractivity contribution in [3.63, 3.8) is 0 Å². The molecule has 0 radical (unpaired) electrons. The van der Waals surface area contributed by atoms with Gasteiger partial charge in [0, 0.05) is 24.8 Å². The third-order valence-electron chi connectivity index (χ3n) is 3.10. The van der Waals surface area contributed by atoms with Crippen molar-refractivity contribution >= 4 is 11.8 Å². The lowest BCUT2D eigenvalue weighted by Crippen LogP contribution is -2.10. The highest BCUT2D eigenvalue weighted by molar-refractivity contribution is 5.46. The van der Waals surface area contributed by atoms with Gasteiger partial charge in [-0.05, 0) is 32.8 Å². The van der Waals surface area contributed by atoms with E-state index in [0.29, 0.717) is 5.95 Å². The van der Waals surface area contributed by atoms with Crippen molar-refractivity contribution in [3.8, 4) is 0 Å². The summed E-state index contributed by atoms with van der Waals surface area (Å²) >= 11 is 0. The molecule has 0 aliphatic carbocycles. The summed E-state index contributed by atoms with van der Waals surface area (Å²) in [5.41, 5.74) is 3.71. The Labute approximate surface area is 120 Å². The van der Waals surface area contributed by atoms with Crippen LogP contribution in [-0.2, 0) is 6.42 Å². The highest BCUT2D eigenvalue weighted by atomic mass is 15.1. The number of anilines is 2. The van der Waals surface area contributed by atoms with E-state index in [4.69, 9.17) is 0 Å². The van der Waals surface area contributed by atoms with Crippen LogP contribution in [0.2, 0.25) is 0 Å². The molecule has 1 aromatic heterocycles. The molecule has 0 spiro atoms. The minimum Gasteiger partial charge on any atom is -0.369 e. The van der Waals surface area contributed by atoms with Crippen molar-refractivity contribution in [2.75, 3.05) is 23.7 Å². The van der Waals surface area contributed by atoms with Crippen LogP contribution in [-0.4, -0.2) is 23.1 Å². The molecule has 2 rings (SSSR count). The average Bonchev–Trinajstić information content (AvgIpc) is 2.43. The molecule has 0 unspecified atom stereocenters. The van der Waals surface area contributed by atoms with Crippen molar-refractivity contribution in [1.82, 2.24) is 9.97 Å². The van der Waals surface area contributed by atoms with E-state index >= 15 is 0 Å². The highest BCUT2D eigenvalue weighted by Crippen LogP contribution is 2.13. The van der Waals surface area contributed by atoms with Gasteiger partial charge in [0.25, 0.3) is 0 Å². The molecule has 0 aliphatic rings. The summed E-state index contributed by atoms with van der Waals surface area (Å²) in [6.45, 7) is 7.87. The predicted molar refractivity (Wildman–Crippen MR) is 84.3 cm³/mol. The fraction of sp³-hybridized carbons (Fsp3) is 0.375. The second-order valence-corrected chi connectivity index (χ2v) is 4.92. The first-order chi connectivity index (χ1) is 9.69. The SMILES string of the molecule is CCNc1ncc(C)c(NCCc2cccc(C)c2)n1. The molecule has 1 aromatic carbocycles. The van der Waals surface area contributed by atoms with Gasteiger partial charge >= 0.3 is 0 Å². The third-order valence-corrected chi connectivity index (χ3v) is 3.10. The van der Waals surface area contributed by atoms with Crippen molar-refractivity contribution < 1.29 is 0 Å². The summed E-state index contributed by atoms with van der Waals surface area (Å²) in [7, 11) is 0. The molecule has 1 heterocycles. The molecule has 0 fully saturated rings. The Bertz CT molecular complexity index is 566. The van der Waals surface area contributed by atoms with E-state index in [9.17, 15) is 0 Å². The molecule has 2 aromatic rings. The van der Waals surface area contributed by atoms with Crippen LogP contribution in [0.25, 0.3) is 0 Å². The Morgan fingerprint density at radius 1 is 1.15 bits per heavy atom. The smallest absolute Gasteiger partial charge is 0.224 e. The van der Waals surface area contributed by atoms with Gasteiger partial charge in [-0.2, -0.15) is 4.98 Å². The van der Waals surface area contributed by atoms with Gasteiger partial charge < -0.3 is 10.6 Å². The summed E-state index contributed by atoms with van der Waals surface area (Å²) in [4.78, 5) is 8.72. The van der Waals surface area contributed by atoms with Crippen molar-refractivity contribution in [2.24, 2.45) is 0 Å². The quantitative estimate of drug-likeness (QED) is 0.846. The predicted octanol–water partition coefficient (Wildman–Crippen LogP) is 3.18. The molecule has 0 aliphatic heterocycles. The zero-order valence-electron chi connectivity index (χ0n) is 12.4. The molecule has 2 N–H and O–H groups in total. The maximum absolute atomic E-state index is 4.48. The molecule has 20 heavy (non-hydrogen) atoms. The Morgan fingerprint density at radius 3 is 2.75 bits per heavy atom. The van der Waals surface area contributed by atoms with E-state index in [2.05, 4.69) is 51.8 Å². The van der Waals surface area contributed by atoms with Crippen LogP contribution in [0.5, 0.6) is 0 Å². The molecule has 0 saturated heterocycles. The van der Waals surface area contributed by atoms with E-state index in [0.717, 1.165) is 30.9 Å². The lowest BCUT2D eigenvalue weighted by atomic mass is 10.1. The minimum absolute atomic E-state index is 0.677. The lowest BCUT2D eigenvalue weighted by molar-refractivity contribution is 0.985. The number of hydrogen-bond donors (Lipinski definition) is 2. The largest absolute Gasteiger partial charge is 0.369 e. The van der Waals surface area contributed by atoms with Crippen LogP contribution in [0.15, 0.2) is 30.5 Å². The van der Waals surface area contributed by atoms with Gasteiger partial charge in [-0.3, -0.25) is 0 Å². The summed E-state index contributed by atoms with van der Waals surface area (Å²) in [6.07, 6.45) is 2.83. The van der Waals surface area contributed by atoms with Gasteiger partial charge in [-0.25, -0.2) is 4.98 Å². The Kier molecular flexibility index (Phi) is 4.93. The molecule has 0 saturated carbocycles. The number of rotatable bonds is 6. The topological polar surface area (TPSA) is 49.8 Å². The highest BCUT2D eigenvalue weighted by Gasteiger charge is 2.03. The third kappa shape index (κ3) is 3.95. The van der Waals surface area contributed by atoms with Gasteiger partial charge in [0.2, 0.25) is 5.95 Å². The van der Waals surface area contributed by atoms with Crippen LogP contribution in [0, 0.1) is 13.8 Å². The van der Waals surface area contributed by atoms with Gasteiger partial charge in [0.05, 0.1) is 0 Å². The number of benzene rings is 1. The molecule has 4 nitrogen and oxygen atoms in total. The maximum Gasteiger partial charge on any atom is 0.224 e. The van der Waals surface area contributed by atoms with Gasteiger partial charge in [-0.15, -0.1) is 0 Å². The molecule has 4 heteroatoms. The molecule has 0 bridgehead atoms.